The molecule has 2 amide bonds. The summed E-state index contributed by atoms with van der Waals surface area (Å²) in [4.78, 5) is 20.3. The molecule has 0 radical (unpaired) electrons. The van der Waals surface area contributed by atoms with E-state index in [9.17, 15) is 9.90 Å². The van der Waals surface area contributed by atoms with Crippen LogP contribution < -0.4 is 10.2 Å². The molecule has 1 aromatic rings. The third-order valence-electron chi connectivity index (χ3n) is 4.15. The highest BCUT2D eigenvalue weighted by Crippen LogP contribution is 2.27. The van der Waals surface area contributed by atoms with Crippen LogP contribution in [0.4, 0.5) is 16.3 Å². The van der Waals surface area contributed by atoms with Crippen molar-refractivity contribution in [2.24, 2.45) is 5.92 Å². The van der Waals surface area contributed by atoms with Crippen LogP contribution in [0.3, 0.4) is 0 Å². The van der Waals surface area contributed by atoms with Crippen molar-refractivity contribution in [1.29, 1.82) is 0 Å². The Morgan fingerprint density at radius 2 is 2.09 bits per heavy atom. The van der Waals surface area contributed by atoms with Crippen molar-refractivity contribution >= 4 is 17.5 Å². The molecule has 0 bridgehead atoms. The van der Waals surface area contributed by atoms with E-state index < -0.39 is 0 Å². The number of rotatable bonds is 4. The molecule has 2 N–H and O–H groups in total. The maximum Gasteiger partial charge on any atom is 0.321 e. The molecule has 6 heteroatoms. The average molecular weight is 306 g/mol. The molecule has 1 saturated carbocycles. The summed E-state index contributed by atoms with van der Waals surface area (Å²) in [6.45, 7) is 2.50. The number of aliphatic hydroxyl groups is 1. The first-order chi connectivity index (χ1) is 10.4. The third kappa shape index (κ3) is 3.88. The van der Waals surface area contributed by atoms with Gasteiger partial charge in [0.1, 0.15) is 0 Å². The van der Waals surface area contributed by atoms with Gasteiger partial charge < -0.3 is 20.2 Å². The second-order valence-electron chi connectivity index (χ2n) is 6.29. The van der Waals surface area contributed by atoms with Crippen molar-refractivity contribution in [1.82, 2.24) is 9.88 Å². The minimum atomic E-state index is -0.284. The fraction of sp³-hybridized carbons (Fsp3) is 0.625. The van der Waals surface area contributed by atoms with Gasteiger partial charge in [-0.15, -0.1) is 0 Å². The monoisotopic (exact) mass is 306 g/mol. The molecule has 1 aliphatic rings. The number of nitrogens with one attached hydrogen (secondary N) is 1. The maximum absolute atomic E-state index is 12.4. The molecule has 0 aromatic carbocycles. The lowest BCUT2D eigenvalue weighted by molar-refractivity contribution is 0.116. The molecule has 22 heavy (non-hydrogen) atoms. The Morgan fingerprint density at radius 3 is 2.68 bits per heavy atom. The molecule has 0 aliphatic heterocycles. The number of carbonyl (C=O) groups is 1. The molecule has 0 saturated heterocycles. The van der Waals surface area contributed by atoms with Crippen molar-refractivity contribution in [3.05, 3.63) is 17.8 Å². The average Bonchev–Trinajstić information content (AvgIpc) is 2.85. The van der Waals surface area contributed by atoms with Gasteiger partial charge in [0.25, 0.3) is 0 Å². The van der Waals surface area contributed by atoms with Crippen molar-refractivity contribution in [3.63, 3.8) is 0 Å². The largest absolute Gasteiger partial charge is 0.393 e. The molecular weight excluding hydrogens is 280 g/mol. The van der Waals surface area contributed by atoms with Gasteiger partial charge in [-0.1, -0.05) is 6.42 Å². The van der Waals surface area contributed by atoms with Crippen LogP contribution in [0, 0.1) is 12.8 Å². The van der Waals surface area contributed by atoms with Gasteiger partial charge >= 0.3 is 6.03 Å². The smallest absolute Gasteiger partial charge is 0.321 e. The van der Waals surface area contributed by atoms with Gasteiger partial charge in [0.2, 0.25) is 0 Å². The van der Waals surface area contributed by atoms with Crippen LogP contribution in [0.15, 0.2) is 12.1 Å². The molecule has 1 aromatic heterocycles. The highest BCUT2D eigenvalue weighted by molar-refractivity contribution is 5.92. The third-order valence-corrected chi connectivity index (χ3v) is 4.15. The van der Waals surface area contributed by atoms with E-state index in [0.29, 0.717) is 12.2 Å². The van der Waals surface area contributed by atoms with E-state index in [1.54, 1.807) is 11.9 Å². The quantitative estimate of drug-likeness (QED) is 0.893. The Hall–Kier alpha value is -1.82. The van der Waals surface area contributed by atoms with Crippen molar-refractivity contribution in [3.8, 4) is 0 Å². The number of hydrogen-bond acceptors (Lipinski definition) is 4. The minimum Gasteiger partial charge on any atom is -0.393 e. The van der Waals surface area contributed by atoms with E-state index in [-0.39, 0.29) is 18.1 Å². The predicted molar refractivity (Wildman–Crippen MR) is 88.3 cm³/mol. The predicted octanol–water partition coefficient (Wildman–Crippen LogP) is 2.08. The van der Waals surface area contributed by atoms with Gasteiger partial charge in [0, 0.05) is 39.3 Å². The van der Waals surface area contributed by atoms with Crippen molar-refractivity contribution < 1.29 is 9.90 Å². The van der Waals surface area contributed by atoms with E-state index in [0.717, 1.165) is 30.8 Å². The van der Waals surface area contributed by atoms with Crippen LogP contribution in [0.2, 0.25) is 0 Å². The van der Waals surface area contributed by atoms with Gasteiger partial charge in [0.15, 0.2) is 5.82 Å². The van der Waals surface area contributed by atoms with E-state index in [4.69, 9.17) is 0 Å². The summed E-state index contributed by atoms with van der Waals surface area (Å²) in [6, 6.07) is 3.57. The summed E-state index contributed by atoms with van der Waals surface area (Å²) in [5.74, 6) is 0.919. The number of anilines is 2. The molecule has 6 nitrogen and oxygen atoms in total. The SMILES string of the molecule is Cc1ccc(NC(=O)N(C)C[C@H]2CCC[C@@H]2O)c(N(C)C)n1. The first-order valence-corrected chi connectivity index (χ1v) is 7.73. The first kappa shape index (κ1) is 16.5. The fourth-order valence-electron chi connectivity index (χ4n) is 2.86. The van der Waals surface area contributed by atoms with Gasteiger partial charge in [-0.25, -0.2) is 9.78 Å². The lowest BCUT2D eigenvalue weighted by Crippen LogP contribution is -2.37. The minimum absolute atomic E-state index is 0.173. The van der Waals surface area contributed by atoms with Gasteiger partial charge in [0.05, 0.1) is 11.8 Å². The zero-order valence-corrected chi connectivity index (χ0v) is 13.8. The summed E-state index contributed by atoms with van der Waals surface area (Å²) >= 11 is 0. The van der Waals surface area contributed by atoms with Crippen LogP contribution in [0.5, 0.6) is 0 Å². The van der Waals surface area contributed by atoms with Gasteiger partial charge in [-0.05, 0) is 31.9 Å². The highest BCUT2D eigenvalue weighted by atomic mass is 16.3. The second-order valence-corrected chi connectivity index (χ2v) is 6.29. The van der Waals surface area contributed by atoms with Crippen LogP contribution in [0.1, 0.15) is 25.0 Å². The first-order valence-electron chi connectivity index (χ1n) is 7.73. The Morgan fingerprint density at radius 1 is 1.36 bits per heavy atom. The number of carbonyl (C=O) groups excluding carboxylic acids is 1. The number of pyridine rings is 1. The molecule has 2 atom stereocenters. The Kier molecular flexibility index (Phi) is 5.24. The summed E-state index contributed by atoms with van der Waals surface area (Å²) < 4.78 is 0. The molecule has 2 rings (SSSR count). The fourth-order valence-corrected chi connectivity index (χ4v) is 2.86. The normalized spacial score (nSPS) is 20.8. The second kappa shape index (κ2) is 6.96. The van der Waals surface area contributed by atoms with Crippen LogP contribution in [-0.4, -0.2) is 54.8 Å². The van der Waals surface area contributed by atoms with E-state index in [2.05, 4.69) is 10.3 Å². The number of hydrogen-bond donors (Lipinski definition) is 2. The number of amides is 2. The molecular formula is C16H26N4O2. The number of nitrogens with zero attached hydrogens (tertiary/aromatic N) is 3. The number of aliphatic hydroxyl groups excluding tert-OH is 1. The van der Waals surface area contributed by atoms with Crippen LogP contribution in [0.25, 0.3) is 0 Å². The van der Waals surface area contributed by atoms with Gasteiger partial charge in [-0.2, -0.15) is 0 Å². The zero-order valence-electron chi connectivity index (χ0n) is 13.8. The summed E-state index contributed by atoms with van der Waals surface area (Å²) in [6.07, 6.45) is 2.57. The Balaban J connectivity index is 2.02. The zero-order chi connectivity index (χ0) is 16.3. The van der Waals surface area contributed by atoms with Gasteiger partial charge in [-0.3, -0.25) is 0 Å². The number of aryl methyl sites for hydroxylation is 1. The Bertz CT molecular complexity index is 533. The lowest BCUT2D eigenvalue weighted by Gasteiger charge is -2.24. The lowest BCUT2D eigenvalue weighted by atomic mass is 10.1. The number of aromatic nitrogens is 1. The number of urea groups is 1. The summed E-state index contributed by atoms with van der Waals surface area (Å²) in [5, 5.41) is 12.8. The van der Waals surface area contributed by atoms with Crippen LogP contribution >= 0.6 is 0 Å². The molecule has 1 aliphatic carbocycles. The van der Waals surface area contributed by atoms with Crippen LogP contribution in [-0.2, 0) is 0 Å². The molecule has 0 spiro atoms. The summed E-state index contributed by atoms with van der Waals surface area (Å²) in [7, 11) is 5.56. The van der Waals surface area contributed by atoms with E-state index in [1.165, 1.54) is 0 Å². The summed E-state index contributed by atoms with van der Waals surface area (Å²) in [5.41, 5.74) is 1.60. The molecule has 1 fully saturated rings. The molecule has 0 unspecified atom stereocenters. The van der Waals surface area contributed by atoms with E-state index >= 15 is 0 Å². The topological polar surface area (TPSA) is 68.7 Å². The highest BCUT2D eigenvalue weighted by Gasteiger charge is 2.27. The van der Waals surface area contributed by atoms with Crippen molar-refractivity contribution in [2.75, 3.05) is 37.9 Å². The Labute approximate surface area is 132 Å². The molecule has 122 valence electrons. The standard InChI is InChI=1S/C16H26N4O2/c1-11-8-9-13(15(17-11)19(2)3)18-16(22)20(4)10-12-6-5-7-14(12)21/h8-9,12,14,21H,5-7,10H2,1-4H3,(H,18,22)/t12-,14+/m1/s1. The molecule has 1 heterocycles. The maximum atomic E-state index is 12.4. The van der Waals surface area contributed by atoms with Crippen molar-refractivity contribution in [2.45, 2.75) is 32.3 Å². The van der Waals surface area contributed by atoms with E-state index in [1.807, 2.05) is 38.1 Å².